The first-order chi connectivity index (χ1) is 7.70. The molecule has 4 heteroatoms. The molecule has 1 aromatic rings. The Morgan fingerprint density at radius 1 is 1.38 bits per heavy atom. The van der Waals surface area contributed by atoms with Gasteiger partial charge in [0.05, 0.1) is 0 Å². The molecule has 0 unspecified atom stereocenters. The Bertz CT molecular complexity index is 330. The second-order valence-corrected chi connectivity index (χ2v) is 2.72. The maximum absolute atomic E-state index is 10.4. The average molecular weight is 222 g/mol. The fourth-order valence-electron chi connectivity index (χ4n) is 0.914. The fraction of sp³-hybridized carbons (Fsp3) is 0.167. The molecule has 0 saturated heterocycles. The third-order valence-corrected chi connectivity index (χ3v) is 1.49. The molecular formula is C12H14O4. The second-order valence-electron chi connectivity index (χ2n) is 2.72. The summed E-state index contributed by atoms with van der Waals surface area (Å²) in [6.45, 7) is 1.49. The number of hydrogen-bond donors (Lipinski definition) is 1. The zero-order valence-corrected chi connectivity index (χ0v) is 9.00. The van der Waals surface area contributed by atoms with Gasteiger partial charge in [0.2, 0.25) is 0 Å². The summed E-state index contributed by atoms with van der Waals surface area (Å²) in [5.41, 5.74) is 1.11. The third kappa shape index (κ3) is 8.50. The van der Waals surface area contributed by atoms with Gasteiger partial charge in [-0.05, 0) is 11.6 Å². The highest BCUT2D eigenvalue weighted by Gasteiger charge is 1.87. The van der Waals surface area contributed by atoms with E-state index in [1.807, 2.05) is 42.5 Å². The van der Waals surface area contributed by atoms with E-state index in [4.69, 9.17) is 14.6 Å². The number of ether oxygens (including phenoxy) is 1. The van der Waals surface area contributed by atoms with Crippen LogP contribution >= 0.6 is 0 Å². The van der Waals surface area contributed by atoms with Gasteiger partial charge in [-0.25, -0.2) is 0 Å². The summed E-state index contributed by atoms with van der Waals surface area (Å²) in [7, 11) is 0. The van der Waals surface area contributed by atoms with Crippen molar-refractivity contribution in [3.05, 3.63) is 42.0 Å². The van der Waals surface area contributed by atoms with E-state index in [1.54, 1.807) is 0 Å². The lowest BCUT2D eigenvalue weighted by molar-refractivity contribution is -0.139. The van der Waals surface area contributed by atoms with Gasteiger partial charge in [-0.15, -0.1) is 0 Å². The lowest BCUT2D eigenvalue weighted by Gasteiger charge is -1.94. The highest BCUT2D eigenvalue weighted by atomic mass is 16.5. The van der Waals surface area contributed by atoms with Gasteiger partial charge in [0, 0.05) is 6.92 Å². The second kappa shape index (κ2) is 9.45. The van der Waals surface area contributed by atoms with E-state index in [2.05, 4.69) is 0 Å². The van der Waals surface area contributed by atoms with E-state index in [0.29, 0.717) is 6.61 Å². The Kier molecular flexibility index (Phi) is 8.21. The molecule has 0 aromatic heterocycles. The first kappa shape index (κ1) is 13.9. The van der Waals surface area contributed by atoms with Crippen molar-refractivity contribution >= 4 is 18.5 Å². The van der Waals surface area contributed by atoms with Gasteiger partial charge in [-0.3, -0.25) is 9.59 Å². The number of carbonyl (C=O) groups excluding carboxylic acids is 1. The predicted octanol–water partition coefficient (Wildman–Crippen LogP) is 1.96. The molecule has 0 fully saturated rings. The lowest BCUT2D eigenvalue weighted by Crippen LogP contribution is -1.97. The molecule has 1 N–H and O–H groups in total. The van der Waals surface area contributed by atoms with Crippen LogP contribution in [0.4, 0.5) is 0 Å². The smallest absolute Gasteiger partial charge is 0.302 e. The fourth-order valence-corrected chi connectivity index (χ4v) is 0.914. The van der Waals surface area contributed by atoms with Crippen LogP contribution in [0, 0.1) is 0 Å². The minimum Gasteiger partial charge on any atom is -0.483 e. The number of carbonyl (C=O) groups is 2. The van der Waals surface area contributed by atoms with E-state index < -0.39 is 0 Å². The van der Waals surface area contributed by atoms with Crippen LogP contribution in [0.15, 0.2) is 36.4 Å². The van der Waals surface area contributed by atoms with Gasteiger partial charge in [0.15, 0.2) is 0 Å². The van der Waals surface area contributed by atoms with Crippen molar-refractivity contribution in [2.45, 2.75) is 6.92 Å². The molecule has 0 atom stereocenters. The normalized spacial score (nSPS) is 9.06. The Labute approximate surface area is 94.2 Å². The molecule has 0 aliphatic carbocycles. The van der Waals surface area contributed by atoms with Gasteiger partial charge in [0.1, 0.15) is 6.61 Å². The van der Waals surface area contributed by atoms with Gasteiger partial charge >= 0.3 is 5.97 Å². The monoisotopic (exact) mass is 222 g/mol. The summed E-state index contributed by atoms with van der Waals surface area (Å²) in [6.07, 6.45) is 3.74. The molecule has 0 bridgehead atoms. The zero-order valence-electron chi connectivity index (χ0n) is 9.00. The number of rotatable bonds is 3. The molecular weight excluding hydrogens is 208 g/mol. The Morgan fingerprint density at radius 2 is 1.94 bits per heavy atom. The molecule has 1 aromatic carbocycles. The number of carboxylic acid groups (broad SMARTS) is 1. The molecule has 0 aliphatic rings. The van der Waals surface area contributed by atoms with Gasteiger partial charge in [0.25, 0.3) is 6.47 Å². The Morgan fingerprint density at radius 3 is 2.44 bits per heavy atom. The summed E-state index contributed by atoms with van der Waals surface area (Å²) in [4.78, 5) is 18.8. The van der Waals surface area contributed by atoms with Crippen molar-refractivity contribution in [1.29, 1.82) is 0 Å². The van der Waals surface area contributed by atoms with Gasteiger partial charge in [-0.2, -0.15) is 0 Å². The molecule has 1 rings (SSSR count). The van der Waals surface area contributed by atoms with Crippen molar-refractivity contribution in [3.63, 3.8) is 0 Å². The Balaban J connectivity index is 0.000000673. The van der Waals surface area contributed by atoms with Crippen LogP contribution in [-0.4, -0.2) is 24.2 Å². The SMILES string of the molecule is CC(=O)OCC=Cc1ccccc1.O=CO. The number of benzene rings is 1. The van der Waals surface area contributed by atoms with E-state index in [0.717, 1.165) is 5.56 Å². The van der Waals surface area contributed by atoms with Crippen LogP contribution in [0.3, 0.4) is 0 Å². The molecule has 4 nitrogen and oxygen atoms in total. The van der Waals surface area contributed by atoms with Crippen molar-refractivity contribution in [3.8, 4) is 0 Å². The van der Waals surface area contributed by atoms with Gasteiger partial charge in [-0.1, -0.05) is 36.4 Å². The van der Waals surface area contributed by atoms with E-state index in [9.17, 15) is 4.79 Å². The molecule has 16 heavy (non-hydrogen) atoms. The van der Waals surface area contributed by atoms with Crippen LogP contribution in [-0.2, 0) is 14.3 Å². The van der Waals surface area contributed by atoms with Crippen LogP contribution in [0.25, 0.3) is 6.08 Å². The van der Waals surface area contributed by atoms with Crippen LogP contribution in [0.5, 0.6) is 0 Å². The largest absolute Gasteiger partial charge is 0.483 e. The summed E-state index contributed by atoms with van der Waals surface area (Å²) in [5.74, 6) is -0.252. The molecule has 0 radical (unpaired) electrons. The molecule has 0 aliphatic heterocycles. The first-order valence-corrected chi connectivity index (χ1v) is 4.63. The minimum absolute atomic E-state index is 0.250. The topological polar surface area (TPSA) is 63.6 Å². The van der Waals surface area contributed by atoms with E-state index in [1.165, 1.54) is 6.92 Å². The van der Waals surface area contributed by atoms with Gasteiger partial charge < -0.3 is 9.84 Å². The van der Waals surface area contributed by atoms with Crippen molar-refractivity contribution < 1.29 is 19.4 Å². The lowest BCUT2D eigenvalue weighted by atomic mass is 10.2. The Hall–Kier alpha value is -2.10. The van der Waals surface area contributed by atoms with Crippen LogP contribution < -0.4 is 0 Å². The summed E-state index contributed by atoms with van der Waals surface area (Å²) < 4.78 is 4.74. The first-order valence-electron chi connectivity index (χ1n) is 4.63. The van der Waals surface area contributed by atoms with Crippen LogP contribution in [0.2, 0.25) is 0 Å². The highest BCUT2D eigenvalue weighted by Crippen LogP contribution is 2.00. The minimum atomic E-state index is -0.252. The number of esters is 1. The number of hydrogen-bond acceptors (Lipinski definition) is 3. The molecule has 86 valence electrons. The molecule has 0 amide bonds. The summed E-state index contributed by atoms with van der Waals surface area (Å²) >= 11 is 0. The third-order valence-electron chi connectivity index (χ3n) is 1.49. The van der Waals surface area contributed by atoms with Crippen molar-refractivity contribution in [1.82, 2.24) is 0 Å². The average Bonchev–Trinajstić information content (AvgIpc) is 2.27. The maximum Gasteiger partial charge on any atom is 0.302 e. The van der Waals surface area contributed by atoms with Crippen LogP contribution in [0.1, 0.15) is 12.5 Å². The molecule has 0 saturated carbocycles. The zero-order chi connectivity index (χ0) is 12.2. The quantitative estimate of drug-likeness (QED) is 0.627. The summed E-state index contributed by atoms with van der Waals surface area (Å²) in [6, 6.07) is 9.87. The van der Waals surface area contributed by atoms with E-state index >= 15 is 0 Å². The maximum atomic E-state index is 10.4. The van der Waals surface area contributed by atoms with E-state index in [-0.39, 0.29) is 12.4 Å². The van der Waals surface area contributed by atoms with Crippen molar-refractivity contribution in [2.24, 2.45) is 0 Å². The standard InChI is InChI=1S/C11H12O2.CH2O2/c1-10(12)13-9-5-8-11-6-3-2-4-7-11;2-1-3/h2-8H,9H2,1H3;1H,(H,2,3). The molecule has 0 heterocycles. The molecule has 0 spiro atoms. The highest BCUT2D eigenvalue weighted by molar-refractivity contribution is 5.66. The summed E-state index contributed by atoms with van der Waals surface area (Å²) in [5, 5.41) is 6.89. The predicted molar refractivity (Wildman–Crippen MR) is 60.8 cm³/mol. The van der Waals surface area contributed by atoms with Crippen molar-refractivity contribution in [2.75, 3.05) is 6.61 Å².